The summed E-state index contributed by atoms with van der Waals surface area (Å²) >= 11 is 1.78. The average Bonchev–Trinajstić information content (AvgIpc) is 2.51. The van der Waals surface area contributed by atoms with Crippen LogP contribution >= 0.6 is 11.8 Å². The molecule has 1 aromatic heterocycles. The highest BCUT2D eigenvalue weighted by molar-refractivity contribution is 7.98. The lowest BCUT2D eigenvalue weighted by Gasteiger charge is -2.09. The molecule has 21 heavy (non-hydrogen) atoms. The fraction of sp³-hybridized carbons (Fsp3) is 0.294. The monoisotopic (exact) mass is 297 g/mol. The molecule has 0 aliphatic heterocycles. The van der Waals surface area contributed by atoms with Crippen LogP contribution in [0.2, 0.25) is 0 Å². The van der Waals surface area contributed by atoms with Crippen molar-refractivity contribution in [1.82, 2.24) is 10.3 Å². The Morgan fingerprint density at radius 1 is 1.24 bits per heavy atom. The zero-order chi connectivity index (χ0) is 15.1. The van der Waals surface area contributed by atoms with E-state index in [9.17, 15) is 0 Å². The Morgan fingerprint density at radius 3 is 2.86 bits per heavy atom. The normalized spacial score (nSPS) is 10.6. The van der Waals surface area contributed by atoms with E-state index in [1.807, 2.05) is 12.1 Å². The van der Waals surface area contributed by atoms with E-state index in [2.05, 4.69) is 54.5 Å². The van der Waals surface area contributed by atoms with Gasteiger partial charge in [0.05, 0.1) is 0 Å². The van der Waals surface area contributed by atoms with Crippen LogP contribution in [-0.4, -0.2) is 11.0 Å². The molecular formula is C17H19N3S. The van der Waals surface area contributed by atoms with Crippen molar-refractivity contribution >= 4 is 11.8 Å². The van der Waals surface area contributed by atoms with Crippen LogP contribution in [-0.2, 0) is 12.3 Å². The third-order valence-corrected chi connectivity index (χ3v) is 4.02. The Kier molecular flexibility index (Phi) is 5.79. The van der Waals surface area contributed by atoms with E-state index >= 15 is 0 Å². The number of pyridine rings is 1. The van der Waals surface area contributed by atoms with Crippen LogP contribution in [0, 0.1) is 11.3 Å². The van der Waals surface area contributed by atoms with Crippen molar-refractivity contribution in [2.75, 3.05) is 0 Å². The highest BCUT2D eigenvalue weighted by atomic mass is 32.2. The molecule has 0 fully saturated rings. The SMILES string of the molecule is CC(C)NCc1cccc(SCc2ccnc(C#N)c2)c1. The molecule has 0 amide bonds. The summed E-state index contributed by atoms with van der Waals surface area (Å²) in [5.74, 6) is 0.845. The summed E-state index contributed by atoms with van der Waals surface area (Å²) in [6.07, 6.45) is 1.69. The van der Waals surface area contributed by atoms with E-state index in [1.165, 1.54) is 10.5 Å². The maximum atomic E-state index is 8.86. The van der Waals surface area contributed by atoms with Gasteiger partial charge >= 0.3 is 0 Å². The fourth-order valence-electron chi connectivity index (χ4n) is 1.86. The molecule has 0 atom stereocenters. The molecule has 1 aromatic carbocycles. The summed E-state index contributed by atoms with van der Waals surface area (Å²) < 4.78 is 0. The van der Waals surface area contributed by atoms with Gasteiger partial charge in [-0.3, -0.25) is 0 Å². The van der Waals surface area contributed by atoms with Gasteiger partial charge in [-0.2, -0.15) is 5.26 Å². The highest BCUT2D eigenvalue weighted by Gasteiger charge is 2.01. The molecule has 0 aliphatic rings. The first-order valence-corrected chi connectivity index (χ1v) is 7.96. The molecule has 0 unspecified atom stereocenters. The van der Waals surface area contributed by atoms with E-state index in [0.29, 0.717) is 11.7 Å². The van der Waals surface area contributed by atoms with E-state index in [1.54, 1.807) is 18.0 Å². The van der Waals surface area contributed by atoms with Gasteiger partial charge in [0.15, 0.2) is 0 Å². The van der Waals surface area contributed by atoms with Crippen molar-refractivity contribution in [2.24, 2.45) is 0 Å². The van der Waals surface area contributed by atoms with Crippen LogP contribution in [0.15, 0.2) is 47.5 Å². The predicted molar refractivity (Wildman–Crippen MR) is 86.9 cm³/mol. The summed E-state index contributed by atoms with van der Waals surface area (Å²) in [5, 5.41) is 12.3. The maximum absolute atomic E-state index is 8.86. The van der Waals surface area contributed by atoms with Gasteiger partial charge in [0.25, 0.3) is 0 Å². The first-order chi connectivity index (χ1) is 10.2. The van der Waals surface area contributed by atoms with Gasteiger partial charge in [0.1, 0.15) is 11.8 Å². The molecule has 0 saturated carbocycles. The molecule has 0 aliphatic carbocycles. The molecule has 108 valence electrons. The summed E-state index contributed by atoms with van der Waals surface area (Å²) in [7, 11) is 0. The lowest BCUT2D eigenvalue weighted by molar-refractivity contribution is 0.588. The van der Waals surface area contributed by atoms with Gasteiger partial charge in [0, 0.05) is 29.4 Å². The van der Waals surface area contributed by atoms with E-state index in [0.717, 1.165) is 17.9 Å². The highest BCUT2D eigenvalue weighted by Crippen LogP contribution is 2.23. The molecule has 2 aromatic rings. The maximum Gasteiger partial charge on any atom is 0.140 e. The largest absolute Gasteiger partial charge is 0.310 e. The first kappa shape index (κ1) is 15.6. The second kappa shape index (κ2) is 7.82. The third-order valence-electron chi connectivity index (χ3n) is 2.96. The molecule has 1 heterocycles. The Bertz CT molecular complexity index is 632. The number of thioether (sulfide) groups is 1. The number of nitrogens with zero attached hydrogens (tertiary/aromatic N) is 2. The second-order valence-corrected chi connectivity index (χ2v) is 6.18. The van der Waals surface area contributed by atoms with Crippen molar-refractivity contribution in [3.05, 3.63) is 59.4 Å². The van der Waals surface area contributed by atoms with Crippen LogP contribution in [0.4, 0.5) is 0 Å². The van der Waals surface area contributed by atoms with Crippen LogP contribution < -0.4 is 5.32 Å². The number of hydrogen-bond donors (Lipinski definition) is 1. The Balaban J connectivity index is 1.96. The smallest absolute Gasteiger partial charge is 0.140 e. The molecule has 0 bridgehead atoms. The second-order valence-electron chi connectivity index (χ2n) is 5.13. The summed E-state index contributed by atoms with van der Waals surface area (Å²) in [5.41, 5.74) is 2.89. The van der Waals surface area contributed by atoms with E-state index in [4.69, 9.17) is 5.26 Å². The molecule has 2 rings (SSSR count). The van der Waals surface area contributed by atoms with Crippen molar-refractivity contribution in [3.8, 4) is 6.07 Å². The minimum atomic E-state index is 0.475. The zero-order valence-corrected chi connectivity index (χ0v) is 13.2. The lowest BCUT2D eigenvalue weighted by atomic mass is 10.2. The quantitative estimate of drug-likeness (QED) is 0.825. The summed E-state index contributed by atoms with van der Waals surface area (Å²) in [6.45, 7) is 5.18. The molecular weight excluding hydrogens is 278 g/mol. The Labute approximate surface area is 130 Å². The minimum Gasteiger partial charge on any atom is -0.310 e. The zero-order valence-electron chi connectivity index (χ0n) is 12.3. The molecule has 3 nitrogen and oxygen atoms in total. The van der Waals surface area contributed by atoms with Crippen LogP contribution in [0.3, 0.4) is 0 Å². The van der Waals surface area contributed by atoms with Crippen molar-refractivity contribution in [3.63, 3.8) is 0 Å². The number of hydrogen-bond acceptors (Lipinski definition) is 4. The van der Waals surface area contributed by atoms with Crippen LogP contribution in [0.5, 0.6) is 0 Å². The molecule has 0 saturated heterocycles. The number of benzene rings is 1. The predicted octanol–water partition coefficient (Wildman–Crippen LogP) is 3.74. The minimum absolute atomic E-state index is 0.475. The van der Waals surface area contributed by atoms with Crippen molar-refractivity contribution in [2.45, 2.75) is 37.1 Å². The van der Waals surface area contributed by atoms with Gasteiger partial charge in [-0.1, -0.05) is 26.0 Å². The average molecular weight is 297 g/mol. The Morgan fingerprint density at radius 2 is 2.10 bits per heavy atom. The summed E-state index contributed by atoms with van der Waals surface area (Å²) in [6, 6.07) is 14.9. The van der Waals surface area contributed by atoms with Gasteiger partial charge in [-0.05, 0) is 35.4 Å². The molecule has 4 heteroatoms. The fourth-order valence-corrected chi connectivity index (χ4v) is 2.78. The summed E-state index contributed by atoms with van der Waals surface area (Å²) in [4.78, 5) is 5.23. The van der Waals surface area contributed by atoms with Gasteiger partial charge in [0.2, 0.25) is 0 Å². The van der Waals surface area contributed by atoms with Gasteiger partial charge in [-0.15, -0.1) is 11.8 Å². The van der Waals surface area contributed by atoms with Crippen molar-refractivity contribution < 1.29 is 0 Å². The van der Waals surface area contributed by atoms with E-state index in [-0.39, 0.29) is 0 Å². The topological polar surface area (TPSA) is 48.7 Å². The van der Waals surface area contributed by atoms with E-state index < -0.39 is 0 Å². The number of nitrogens with one attached hydrogen (secondary N) is 1. The van der Waals surface area contributed by atoms with Crippen LogP contribution in [0.25, 0.3) is 0 Å². The number of aromatic nitrogens is 1. The molecule has 1 N–H and O–H groups in total. The van der Waals surface area contributed by atoms with Crippen LogP contribution in [0.1, 0.15) is 30.7 Å². The molecule has 0 spiro atoms. The van der Waals surface area contributed by atoms with Crippen molar-refractivity contribution in [1.29, 1.82) is 5.26 Å². The van der Waals surface area contributed by atoms with Gasteiger partial charge in [-0.25, -0.2) is 4.98 Å². The number of nitriles is 1. The standard InChI is InChI=1S/C17H19N3S/c1-13(2)20-11-14-4-3-5-17(9-14)21-12-15-6-7-19-16(8-15)10-18/h3-9,13,20H,11-12H2,1-2H3. The number of rotatable bonds is 6. The lowest BCUT2D eigenvalue weighted by Crippen LogP contribution is -2.21. The van der Waals surface area contributed by atoms with Gasteiger partial charge < -0.3 is 5.32 Å². The third kappa shape index (κ3) is 5.22. The first-order valence-electron chi connectivity index (χ1n) is 6.97. The Hall–Kier alpha value is -1.83. The molecule has 0 radical (unpaired) electrons.